The summed E-state index contributed by atoms with van der Waals surface area (Å²) >= 11 is 0. The lowest BCUT2D eigenvalue weighted by Crippen LogP contribution is -2.40. The van der Waals surface area contributed by atoms with E-state index in [2.05, 4.69) is 26.1 Å². The number of rotatable bonds is 3. The molecule has 2 N–H and O–H groups in total. The summed E-state index contributed by atoms with van der Waals surface area (Å²) in [5.41, 5.74) is 0.567. The third-order valence-corrected chi connectivity index (χ3v) is 4.43. The van der Waals surface area contributed by atoms with Gasteiger partial charge in [0.25, 0.3) is 0 Å². The second kappa shape index (κ2) is 6.04. The molecule has 1 aliphatic carbocycles. The highest BCUT2D eigenvalue weighted by molar-refractivity contribution is 5.88. The zero-order valence-electron chi connectivity index (χ0n) is 12.9. The van der Waals surface area contributed by atoms with Crippen LogP contribution >= 0.6 is 0 Å². The number of carboxylic acid groups (broad SMARTS) is 1. The summed E-state index contributed by atoms with van der Waals surface area (Å²) in [5, 5.41) is 12.3. The van der Waals surface area contributed by atoms with Crippen LogP contribution in [-0.2, 0) is 0 Å². The van der Waals surface area contributed by atoms with E-state index in [1.165, 1.54) is 24.6 Å². The Morgan fingerprint density at radius 2 is 1.95 bits per heavy atom. The number of anilines is 1. The largest absolute Gasteiger partial charge is 0.478 e. The zero-order valence-corrected chi connectivity index (χ0v) is 12.9. The van der Waals surface area contributed by atoms with Gasteiger partial charge >= 0.3 is 5.97 Å². The van der Waals surface area contributed by atoms with Crippen molar-refractivity contribution in [3.63, 3.8) is 0 Å². The van der Waals surface area contributed by atoms with Gasteiger partial charge in [-0.15, -0.1) is 0 Å². The van der Waals surface area contributed by atoms with E-state index in [4.69, 9.17) is 5.11 Å². The van der Waals surface area contributed by atoms with Crippen molar-refractivity contribution in [2.75, 3.05) is 5.32 Å². The van der Waals surface area contributed by atoms with Crippen LogP contribution in [0.1, 0.15) is 56.8 Å². The highest BCUT2D eigenvalue weighted by Gasteiger charge is 2.34. The number of hydrogen-bond donors (Lipinski definition) is 2. The molecule has 0 amide bonds. The molecule has 4 heteroatoms. The Balaban J connectivity index is 2.23. The molecule has 0 radical (unpaired) electrons. The molecule has 0 heterocycles. The van der Waals surface area contributed by atoms with Crippen molar-refractivity contribution in [3.8, 4) is 0 Å². The van der Waals surface area contributed by atoms with Crippen molar-refractivity contribution in [1.82, 2.24) is 0 Å². The summed E-state index contributed by atoms with van der Waals surface area (Å²) in [6.45, 7) is 6.63. The van der Waals surface area contributed by atoms with Crippen molar-refractivity contribution in [3.05, 3.63) is 29.6 Å². The van der Waals surface area contributed by atoms with Crippen molar-refractivity contribution in [1.29, 1.82) is 0 Å². The molecule has 0 bridgehead atoms. The van der Waals surface area contributed by atoms with Gasteiger partial charge in [0, 0.05) is 6.04 Å². The molecule has 116 valence electrons. The molecular weight excluding hydrogens is 269 g/mol. The molecule has 1 aliphatic rings. The lowest BCUT2D eigenvalue weighted by molar-refractivity contribution is 0.0697. The van der Waals surface area contributed by atoms with Gasteiger partial charge in [0.2, 0.25) is 0 Å². The minimum Gasteiger partial charge on any atom is -0.478 e. The number of aromatic carboxylic acids is 1. The van der Waals surface area contributed by atoms with E-state index in [0.29, 0.717) is 11.6 Å². The van der Waals surface area contributed by atoms with Crippen molar-refractivity contribution < 1.29 is 14.3 Å². The maximum atomic E-state index is 14.0. The van der Waals surface area contributed by atoms with Gasteiger partial charge in [0.1, 0.15) is 5.82 Å². The fourth-order valence-corrected chi connectivity index (χ4v) is 3.31. The Labute approximate surface area is 125 Å². The van der Waals surface area contributed by atoms with E-state index < -0.39 is 11.8 Å². The summed E-state index contributed by atoms with van der Waals surface area (Å²) < 4.78 is 14.0. The van der Waals surface area contributed by atoms with E-state index in [-0.39, 0.29) is 17.0 Å². The number of benzene rings is 1. The Bertz CT molecular complexity index is 522. The number of hydrogen-bond acceptors (Lipinski definition) is 2. The highest BCUT2D eigenvalue weighted by atomic mass is 19.1. The summed E-state index contributed by atoms with van der Waals surface area (Å²) in [4.78, 5) is 11.0. The first-order valence-corrected chi connectivity index (χ1v) is 7.58. The number of carboxylic acids is 1. The van der Waals surface area contributed by atoms with Crippen LogP contribution in [0.4, 0.5) is 10.1 Å². The van der Waals surface area contributed by atoms with Gasteiger partial charge in [-0.3, -0.25) is 0 Å². The second-order valence-electron chi connectivity index (χ2n) is 7.01. The Hall–Kier alpha value is -1.58. The molecule has 1 saturated carbocycles. The summed E-state index contributed by atoms with van der Waals surface area (Å²) in [7, 11) is 0. The molecule has 1 fully saturated rings. The molecule has 21 heavy (non-hydrogen) atoms. The smallest absolute Gasteiger partial charge is 0.335 e. The Morgan fingerprint density at radius 1 is 1.29 bits per heavy atom. The maximum Gasteiger partial charge on any atom is 0.335 e. The quantitative estimate of drug-likeness (QED) is 0.860. The third kappa shape index (κ3) is 3.74. The summed E-state index contributed by atoms with van der Waals surface area (Å²) in [6, 6.07) is 4.11. The normalized spacial score (nSPS) is 22.9. The van der Waals surface area contributed by atoms with Gasteiger partial charge in [-0.25, -0.2) is 9.18 Å². The van der Waals surface area contributed by atoms with Crippen LogP contribution in [0.15, 0.2) is 18.2 Å². The van der Waals surface area contributed by atoms with Crippen molar-refractivity contribution in [2.24, 2.45) is 11.3 Å². The first kappa shape index (κ1) is 15.8. The van der Waals surface area contributed by atoms with Gasteiger partial charge in [-0.05, 0) is 42.4 Å². The molecule has 2 rings (SSSR count). The van der Waals surface area contributed by atoms with Gasteiger partial charge in [-0.2, -0.15) is 0 Å². The van der Waals surface area contributed by atoms with Crippen LogP contribution < -0.4 is 5.32 Å². The summed E-state index contributed by atoms with van der Waals surface area (Å²) in [5.74, 6) is -0.966. The fourth-order valence-electron chi connectivity index (χ4n) is 3.31. The molecular formula is C17H24FNO2. The molecule has 3 nitrogen and oxygen atoms in total. The Kier molecular flexibility index (Phi) is 4.55. The van der Waals surface area contributed by atoms with E-state index in [1.807, 2.05) is 0 Å². The van der Waals surface area contributed by atoms with E-state index in [9.17, 15) is 9.18 Å². The lowest BCUT2D eigenvalue weighted by atomic mass is 9.69. The molecule has 1 aromatic carbocycles. The average molecular weight is 293 g/mol. The Morgan fingerprint density at radius 3 is 2.57 bits per heavy atom. The fraction of sp³-hybridized carbons (Fsp3) is 0.588. The molecule has 0 aliphatic heterocycles. The van der Waals surface area contributed by atoms with E-state index in [0.717, 1.165) is 19.3 Å². The van der Waals surface area contributed by atoms with Crippen molar-refractivity contribution >= 4 is 11.7 Å². The minimum absolute atomic E-state index is 0.113. The van der Waals surface area contributed by atoms with Gasteiger partial charge < -0.3 is 10.4 Å². The monoisotopic (exact) mass is 293 g/mol. The third-order valence-electron chi connectivity index (χ3n) is 4.43. The molecule has 0 saturated heterocycles. The predicted molar refractivity (Wildman–Crippen MR) is 82.2 cm³/mol. The van der Waals surface area contributed by atoms with Crippen LogP contribution in [0.3, 0.4) is 0 Å². The number of carbonyl (C=O) groups is 1. The molecule has 0 aromatic heterocycles. The van der Waals surface area contributed by atoms with Gasteiger partial charge in [0.05, 0.1) is 11.3 Å². The number of nitrogens with one attached hydrogen (secondary N) is 1. The molecule has 2 unspecified atom stereocenters. The summed E-state index contributed by atoms with van der Waals surface area (Å²) in [6.07, 6.45) is 4.46. The average Bonchev–Trinajstić information content (AvgIpc) is 2.40. The minimum atomic E-state index is -1.03. The van der Waals surface area contributed by atoms with E-state index >= 15 is 0 Å². The molecule has 1 aromatic rings. The van der Waals surface area contributed by atoms with Crippen LogP contribution in [0.2, 0.25) is 0 Å². The maximum absolute atomic E-state index is 14.0. The van der Waals surface area contributed by atoms with Gasteiger partial charge in [0.15, 0.2) is 0 Å². The van der Waals surface area contributed by atoms with Crippen LogP contribution in [0, 0.1) is 17.2 Å². The SMILES string of the molecule is CC(C)(C)C1CCCCC1Nc1cc(C(=O)O)ccc1F. The lowest BCUT2D eigenvalue weighted by Gasteiger charge is -2.41. The molecule has 2 atom stereocenters. The second-order valence-corrected chi connectivity index (χ2v) is 7.01. The standard InChI is InChI=1S/C17H24FNO2/c1-17(2,3)12-6-4-5-7-14(12)19-15-10-11(16(20)21)8-9-13(15)18/h8-10,12,14,19H,4-7H2,1-3H3,(H,20,21). The highest BCUT2D eigenvalue weighted by Crippen LogP contribution is 2.39. The van der Waals surface area contributed by atoms with Crippen LogP contribution in [0.5, 0.6) is 0 Å². The number of halogens is 1. The first-order chi connectivity index (χ1) is 9.79. The first-order valence-electron chi connectivity index (χ1n) is 7.58. The molecule has 0 spiro atoms. The van der Waals surface area contributed by atoms with Crippen LogP contribution in [-0.4, -0.2) is 17.1 Å². The predicted octanol–water partition coefficient (Wildman–Crippen LogP) is 4.54. The van der Waals surface area contributed by atoms with Crippen LogP contribution in [0.25, 0.3) is 0 Å². The van der Waals surface area contributed by atoms with Gasteiger partial charge in [-0.1, -0.05) is 33.6 Å². The topological polar surface area (TPSA) is 49.3 Å². The van der Waals surface area contributed by atoms with Crippen molar-refractivity contribution in [2.45, 2.75) is 52.5 Å². The van der Waals surface area contributed by atoms with E-state index in [1.54, 1.807) is 0 Å². The zero-order chi connectivity index (χ0) is 15.6.